The minimum absolute atomic E-state index is 0.158. The van der Waals surface area contributed by atoms with Crippen molar-refractivity contribution in [1.29, 1.82) is 0 Å². The maximum atomic E-state index is 12.1. The van der Waals surface area contributed by atoms with E-state index >= 15 is 0 Å². The second kappa shape index (κ2) is 8.00. The predicted molar refractivity (Wildman–Crippen MR) is 101 cm³/mol. The van der Waals surface area contributed by atoms with Gasteiger partial charge in [-0.3, -0.25) is 9.89 Å². The largest absolute Gasteiger partial charge is 0.486 e. The van der Waals surface area contributed by atoms with Crippen LogP contribution in [0.3, 0.4) is 0 Å². The van der Waals surface area contributed by atoms with Crippen LogP contribution in [0.4, 0.5) is 5.69 Å². The molecule has 8 nitrogen and oxygen atoms in total. The smallest absolute Gasteiger partial charge is 0.234 e. The lowest BCUT2D eigenvalue weighted by Crippen LogP contribution is -2.17. The Labute approximate surface area is 159 Å². The highest BCUT2D eigenvalue weighted by molar-refractivity contribution is 7.99. The first kappa shape index (κ1) is 17.2. The number of nitrogens with zero attached hydrogens (tertiary/aromatic N) is 2. The number of benzene rings is 1. The van der Waals surface area contributed by atoms with E-state index in [1.165, 1.54) is 11.8 Å². The van der Waals surface area contributed by atoms with Gasteiger partial charge in [-0.2, -0.15) is 0 Å². The van der Waals surface area contributed by atoms with Crippen molar-refractivity contribution in [3.05, 3.63) is 48.2 Å². The Morgan fingerprint density at radius 2 is 2.11 bits per heavy atom. The van der Waals surface area contributed by atoms with Gasteiger partial charge in [-0.25, -0.2) is 4.98 Å². The molecule has 1 aliphatic heterocycles. The molecule has 0 atom stereocenters. The van der Waals surface area contributed by atoms with Crippen molar-refractivity contribution in [1.82, 2.24) is 15.2 Å². The van der Waals surface area contributed by atoms with Crippen LogP contribution in [0.2, 0.25) is 0 Å². The number of H-pyrrole nitrogens is 1. The second-order valence-electron chi connectivity index (χ2n) is 5.55. The van der Waals surface area contributed by atoms with Crippen molar-refractivity contribution in [3.63, 3.8) is 0 Å². The number of hydrogen-bond acceptors (Lipinski definition) is 7. The van der Waals surface area contributed by atoms with Crippen molar-refractivity contribution >= 4 is 35.5 Å². The number of fused-ring (bicyclic) bond motifs is 1. The van der Waals surface area contributed by atoms with Crippen LogP contribution >= 0.6 is 11.8 Å². The Hall–Kier alpha value is -3.20. The first-order valence-corrected chi connectivity index (χ1v) is 9.21. The van der Waals surface area contributed by atoms with Crippen LogP contribution in [0, 0.1) is 0 Å². The van der Waals surface area contributed by atoms with Gasteiger partial charge in [0.15, 0.2) is 11.5 Å². The molecule has 0 spiro atoms. The Balaban J connectivity index is 1.29. The zero-order valence-electron chi connectivity index (χ0n) is 14.2. The molecule has 1 aliphatic rings. The van der Waals surface area contributed by atoms with Gasteiger partial charge in [0.25, 0.3) is 0 Å². The number of nitrogens with one attached hydrogen (secondary N) is 2. The van der Waals surface area contributed by atoms with E-state index in [1.54, 1.807) is 36.6 Å². The summed E-state index contributed by atoms with van der Waals surface area (Å²) in [6, 6.07) is 8.96. The predicted octanol–water partition coefficient (Wildman–Crippen LogP) is 3.07. The summed E-state index contributed by atoms with van der Waals surface area (Å²) in [6.07, 6.45) is 5.14. The molecule has 1 amide bonds. The van der Waals surface area contributed by atoms with Crippen LogP contribution in [-0.2, 0) is 4.79 Å². The molecule has 0 saturated heterocycles. The van der Waals surface area contributed by atoms with Gasteiger partial charge in [-0.05, 0) is 36.4 Å². The number of amides is 1. The summed E-state index contributed by atoms with van der Waals surface area (Å²) in [5.41, 5.74) is 0.655. The molecule has 0 aliphatic carbocycles. The fraction of sp³-hybridized carbons (Fsp3) is 0.167. The molecule has 27 heavy (non-hydrogen) atoms. The maximum absolute atomic E-state index is 12.1. The summed E-state index contributed by atoms with van der Waals surface area (Å²) in [6.45, 7) is 1.03. The van der Waals surface area contributed by atoms with E-state index in [9.17, 15) is 4.79 Å². The number of ether oxygens (including phenoxy) is 2. The number of rotatable bonds is 6. The fourth-order valence-electron chi connectivity index (χ4n) is 2.39. The molecule has 0 saturated carbocycles. The highest BCUT2D eigenvalue weighted by Gasteiger charge is 2.13. The van der Waals surface area contributed by atoms with E-state index in [-0.39, 0.29) is 11.7 Å². The summed E-state index contributed by atoms with van der Waals surface area (Å²) in [5.74, 6) is 2.65. The average molecular weight is 384 g/mol. The number of carbonyl (C=O) groups is 1. The molecule has 4 rings (SSSR count). The summed E-state index contributed by atoms with van der Waals surface area (Å²) >= 11 is 1.24. The third-order valence-electron chi connectivity index (χ3n) is 3.59. The van der Waals surface area contributed by atoms with E-state index in [2.05, 4.69) is 20.5 Å². The Bertz CT molecular complexity index is 952. The van der Waals surface area contributed by atoms with E-state index in [0.29, 0.717) is 41.4 Å². The molecule has 9 heteroatoms. The summed E-state index contributed by atoms with van der Waals surface area (Å²) < 4.78 is 16.2. The number of anilines is 1. The molecule has 0 fully saturated rings. The zero-order chi connectivity index (χ0) is 18.5. The van der Waals surface area contributed by atoms with E-state index in [4.69, 9.17) is 13.9 Å². The normalized spacial score (nSPS) is 13.0. The zero-order valence-corrected chi connectivity index (χ0v) is 15.0. The Morgan fingerprint density at radius 1 is 1.22 bits per heavy atom. The molecule has 0 bridgehead atoms. The summed E-state index contributed by atoms with van der Waals surface area (Å²) in [4.78, 5) is 16.4. The van der Waals surface area contributed by atoms with Crippen molar-refractivity contribution in [3.8, 4) is 11.5 Å². The molecule has 1 aromatic carbocycles. The van der Waals surface area contributed by atoms with Crippen molar-refractivity contribution in [2.24, 2.45) is 0 Å². The maximum Gasteiger partial charge on any atom is 0.234 e. The lowest BCUT2D eigenvalue weighted by molar-refractivity contribution is -0.113. The second-order valence-corrected chi connectivity index (χ2v) is 6.49. The third-order valence-corrected chi connectivity index (χ3v) is 4.44. The number of hydrogen-bond donors (Lipinski definition) is 2. The highest BCUT2D eigenvalue weighted by atomic mass is 32.2. The van der Waals surface area contributed by atoms with Gasteiger partial charge in [0.2, 0.25) is 11.1 Å². The molecule has 3 heterocycles. The molecule has 0 unspecified atom stereocenters. The SMILES string of the molecule is O=C(CSc1n[nH]c(C=Cc2ccco2)n1)Nc1ccc2c(c1)OCCO2. The van der Waals surface area contributed by atoms with Gasteiger partial charge >= 0.3 is 0 Å². The van der Waals surface area contributed by atoms with Crippen LogP contribution in [-0.4, -0.2) is 40.1 Å². The van der Waals surface area contributed by atoms with Gasteiger partial charge in [0.1, 0.15) is 24.8 Å². The molecular weight excluding hydrogens is 368 g/mol. The number of furan rings is 1. The number of aromatic amines is 1. The number of aromatic nitrogens is 3. The molecular formula is C18H16N4O4S. The van der Waals surface area contributed by atoms with Crippen LogP contribution in [0.25, 0.3) is 12.2 Å². The van der Waals surface area contributed by atoms with Gasteiger partial charge in [0.05, 0.1) is 12.0 Å². The minimum Gasteiger partial charge on any atom is -0.486 e. The van der Waals surface area contributed by atoms with Gasteiger partial charge in [-0.1, -0.05) is 11.8 Å². The minimum atomic E-state index is -0.158. The number of thioether (sulfide) groups is 1. The third kappa shape index (κ3) is 4.50. The van der Waals surface area contributed by atoms with Crippen LogP contribution in [0.15, 0.2) is 46.2 Å². The Morgan fingerprint density at radius 3 is 2.96 bits per heavy atom. The summed E-state index contributed by atoms with van der Waals surface area (Å²) in [7, 11) is 0. The monoisotopic (exact) mass is 384 g/mol. The quantitative estimate of drug-likeness (QED) is 0.630. The van der Waals surface area contributed by atoms with Crippen molar-refractivity contribution < 1.29 is 18.7 Å². The molecule has 3 aromatic rings. The van der Waals surface area contributed by atoms with Crippen LogP contribution in [0.5, 0.6) is 11.5 Å². The van der Waals surface area contributed by atoms with E-state index < -0.39 is 0 Å². The van der Waals surface area contributed by atoms with Crippen LogP contribution < -0.4 is 14.8 Å². The lowest BCUT2D eigenvalue weighted by atomic mass is 10.2. The first-order chi connectivity index (χ1) is 13.3. The fourth-order valence-corrected chi connectivity index (χ4v) is 3.00. The van der Waals surface area contributed by atoms with Gasteiger partial charge < -0.3 is 19.2 Å². The van der Waals surface area contributed by atoms with Gasteiger partial charge in [0, 0.05) is 11.8 Å². The van der Waals surface area contributed by atoms with E-state index in [0.717, 1.165) is 5.76 Å². The topological polar surface area (TPSA) is 102 Å². The Kier molecular flexibility index (Phi) is 5.10. The number of carbonyl (C=O) groups excluding carboxylic acids is 1. The molecule has 2 aromatic heterocycles. The molecule has 2 N–H and O–H groups in total. The van der Waals surface area contributed by atoms with Gasteiger partial charge in [-0.15, -0.1) is 5.10 Å². The van der Waals surface area contributed by atoms with E-state index in [1.807, 2.05) is 12.1 Å². The first-order valence-electron chi connectivity index (χ1n) is 8.22. The standard InChI is InChI=1S/C18H16N4O4S/c23-17(19-12-3-5-14-15(10-12)26-9-8-25-14)11-27-18-20-16(21-22-18)6-4-13-2-1-7-24-13/h1-7,10H,8-9,11H2,(H,19,23)(H,20,21,22). The summed E-state index contributed by atoms with van der Waals surface area (Å²) in [5, 5.41) is 10.2. The van der Waals surface area contributed by atoms with Crippen molar-refractivity contribution in [2.75, 3.05) is 24.3 Å². The average Bonchev–Trinajstić information content (AvgIpc) is 3.36. The lowest BCUT2D eigenvalue weighted by Gasteiger charge is -2.18. The van der Waals surface area contributed by atoms with Crippen molar-refractivity contribution in [2.45, 2.75) is 5.16 Å². The van der Waals surface area contributed by atoms with Crippen LogP contribution in [0.1, 0.15) is 11.6 Å². The molecule has 138 valence electrons. The highest BCUT2D eigenvalue weighted by Crippen LogP contribution is 2.32. The molecule has 0 radical (unpaired) electrons.